The maximum atomic E-state index is 12.4. The highest BCUT2D eigenvalue weighted by Crippen LogP contribution is 2.30. The van der Waals surface area contributed by atoms with Gasteiger partial charge in [0.05, 0.1) is 4.88 Å². The molecule has 1 saturated heterocycles. The lowest BCUT2D eigenvalue weighted by atomic mass is 10.2. The molecule has 0 saturated carbocycles. The Labute approximate surface area is 114 Å². The first-order valence-corrected chi connectivity index (χ1v) is 7.88. The van der Waals surface area contributed by atoms with E-state index >= 15 is 0 Å². The van der Waals surface area contributed by atoms with Crippen molar-refractivity contribution < 1.29 is 4.79 Å². The molecule has 1 amide bonds. The highest BCUT2D eigenvalue weighted by atomic mass is 32.2. The van der Waals surface area contributed by atoms with E-state index in [4.69, 9.17) is 5.73 Å². The Bertz CT molecular complexity index is 588. The Morgan fingerprint density at radius 1 is 1.28 bits per heavy atom. The Balaban J connectivity index is 1.94. The lowest BCUT2D eigenvalue weighted by Crippen LogP contribution is -2.37. The molecule has 18 heavy (non-hydrogen) atoms. The van der Waals surface area contributed by atoms with E-state index in [0.29, 0.717) is 0 Å². The molecule has 3 rings (SSSR count). The van der Waals surface area contributed by atoms with Crippen LogP contribution in [0.5, 0.6) is 0 Å². The van der Waals surface area contributed by atoms with Crippen LogP contribution in [0.4, 0.5) is 5.69 Å². The molecule has 1 aliphatic rings. The van der Waals surface area contributed by atoms with E-state index in [0.717, 1.165) is 45.2 Å². The number of rotatable bonds is 1. The number of fused-ring (bicyclic) bond motifs is 1. The van der Waals surface area contributed by atoms with E-state index in [1.54, 1.807) is 0 Å². The second-order valence-electron chi connectivity index (χ2n) is 4.27. The van der Waals surface area contributed by atoms with Crippen molar-refractivity contribution in [2.24, 2.45) is 0 Å². The molecule has 0 unspecified atom stereocenters. The summed E-state index contributed by atoms with van der Waals surface area (Å²) in [4.78, 5) is 15.1. The SMILES string of the molecule is Nc1cccc2sc(C(=O)N3CCSCC3)cc12. The van der Waals surface area contributed by atoms with Crippen LogP contribution in [0, 0.1) is 0 Å². The summed E-state index contributed by atoms with van der Waals surface area (Å²) in [7, 11) is 0. The molecule has 0 spiro atoms. The normalized spacial score (nSPS) is 16.1. The van der Waals surface area contributed by atoms with Crippen molar-refractivity contribution in [3.63, 3.8) is 0 Å². The number of carbonyl (C=O) groups excluding carboxylic acids is 1. The smallest absolute Gasteiger partial charge is 0.264 e. The van der Waals surface area contributed by atoms with Crippen LogP contribution in [0.25, 0.3) is 10.1 Å². The zero-order valence-corrected chi connectivity index (χ0v) is 11.5. The summed E-state index contributed by atoms with van der Waals surface area (Å²) in [5.74, 6) is 2.23. The van der Waals surface area contributed by atoms with Gasteiger partial charge in [-0.15, -0.1) is 11.3 Å². The molecule has 1 aliphatic heterocycles. The monoisotopic (exact) mass is 278 g/mol. The molecule has 5 heteroatoms. The third-order valence-electron chi connectivity index (χ3n) is 3.10. The standard InChI is InChI=1S/C13H14N2OS2/c14-10-2-1-3-11-9(10)8-12(18-11)13(16)15-4-6-17-7-5-15/h1-3,8H,4-7,14H2. The highest BCUT2D eigenvalue weighted by molar-refractivity contribution is 7.99. The number of amides is 1. The van der Waals surface area contributed by atoms with E-state index < -0.39 is 0 Å². The van der Waals surface area contributed by atoms with Crippen LogP contribution in [-0.2, 0) is 0 Å². The van der Waals surface area contributed by atoms with Gasteiger partial charge in [-0.1, -0.05) is 6.07 Å². The number of thiophene rings is 1. The van der Waals surface area contributed by atoms with Crippen molar-refractivity contribution in [2.75, 3.05) is 30.3 Å². The first-order valence-electron chi connectivity index (χ1n) is 5.91. The fraction of sp³-hybridized carbons (Fsp3) is 0.308. The molecule has 2 heterocycles. The van der Waals surface area contributed by atoms with Crippen LogP contribution in [0.2, 0.25) is 0 Å². The predicted molar refractivity (Wildman–Crippen MR) is 79.5 cm³/mol. The Kier molecular flexibility index (Phi) is 3.18. The van der Waals surface area contributed by atoms with Crippen LogP contribution in [0.1, 0.15) is 9.67 Å². The van der Waals surface area contributed by atoms with Crippen LogP contribution in [0.3, 0.4) is 0 Å². The molecule has 1 fully saturated rings. The molecule has 0 bridgehead atoms. The molecule has 2 aromatic rings. The summed E-state index contributed by atoms with van der Waals surface area (Å²) in [5, 5.41) is 0.997. The number of benzene rings is 1. The van der Waals surface area contributed by atoms with Gasteiger partial charge in [0.15, 0.2) is 0 Å². The van der Waals surface area contributed by atoms with Crippen LogP contribution >= 0.6 is 23.1 Å². The van der Waals surface area contributed by atoms with E-state index in [9.17, 15) is 4.79 Å². The van der Waals surface area contributed by atoms with E-state index in [1.165, 1.54) is 11.3 Å². The number of hydrogen-bond acceptors (Lipinski definition) is 4. The summed E-state index contributed by atoms with van der Waals surface area (Å²) < 4.78 is 1.09. The third-order valence-corrected chi connectivity index (χ3v) is 5.14. The Morgan fingerprint density at radius 2 is 2.06 bits per heavy atom. The van der Waals surface area contributed by atoms with Crippen molar-refractivity contribution >= 4 is 44.8 Å². The van der Waals surface area contributed by atoms with E-state index in [2.05, 4.69) is 0 Å². The van der Waals surface area contributed by atoms with Gasteiger partial charge in [0, 0.05) is 40.4 Å². The molecule has 0 radical (unpaired) electrons. The predicted octanol–water partition coefficient (Wildman–Crippen LogP) is 2.67. The van der Waals surface area contributed by atoms with Crippen molar-refractivity contribution in [1.82, 2.24) is 4.90 Å². The number of carbonyl (C=O) groups is 1. The van der Waals surface area contributed by atoms with Gasteiger partial charge in [-0.25, -0.2) is 0 Å². The zero-order chi connectivity index (χ0) is 12.5. The van der Waals surface area contributed by atoms with Gasteiger partial charge in [-0.3, -0.25) is 4.79 Å². The minimum absolute atomic E-state index is 0.149. The van der Waals surface area contributed by atoms with Crippen LogP contribution < -0.4 is 5.73 Å². The Morgan fingerprint density at radius 3 is 2.78 bits per heavy atom. The maximum Gasteiger partial charge on any atom is 0.264 e. The van der Waals surface area contributed by atoms with Gasteiger partial charge < -0.3 is 10.6 Å². The summed E-state index contributed by atoms with van der Waals surface area (Å²) >= 11 is 3.44. The average molecular weight is 278 g/mol. The number of anilines is 1. The van der Waals surface area contributed by atoms with Crippen molar-refractivity contribution in [3.05, 3.63) is 29.1 Å². The second-order valence-corrected chi connectivity index (χ2v) is 6.58. The summed E-state index contributed by atoms with van der Waals surface area (Å²) in [6.45, 7) is 1.71. The first-order chi connectivity index (χ1) is 8.75. The number of thioether (sulfide) groups is 1. The maximum absolute atomic E-state index is 12.4. The van der Waals surface area contributed by atoms with Crippen molar-refractivity contribution in [2.45, 2.75) is 0 Å². The molecular formula is C13H14N2OS2. The largest absolute Gasteiger partial charge is 0.398 e. The highest BCUT2D eigenvalue weighted by Gasteiger charge is 2.20. The van der Waals surface area contributed by atoms with Gasteiger partial charge >= 0.3 is 0 Å². The first kappa shape index (κ1) is 11.9. The molecule has 2 N–H and O–H groups in total. The van der Waals surface area contributed by atoms with E-state index in [-0.39, 0.29) is 5.91 Å². The summed E-state index contributed by atoms with van der Waals surface area (Å²) in [6.07, 6.45) is 0. The molecule has 1 aromatic heterocycles. The lowest BCUT2D eigenvalue weighted by molar-refractivity contribution is 0.0777. The van der Waals surface area contributed by atoms with Crippen LogP contribution in [0.15, 0.2) is 24.3 Å². The summed E-state index contributed by atoms with van der Waals surface area (Å²) in [5.41, 5.74) is 6.67. The number of hydrogen-bond donors (Lipinski definition) is 1. The molecular weight excluding hydrogens is 264 g/mol. The number of nitrogens with two attached hydrogens (primary N) is 1. The van der Waals surface area contributed by atoms with E-state index in [1.807, 2.05) is 40.9 Å². The van der Waals surface area contributed by atoms with Crippen LogP contribution in [-0.4, -0.2) is 35.4 Å². The van der Waals surface area contributed by atoms with Gasteiger partial charge in [0.25, 0.3) is 5.91 Å². The molecule has 1 aromatic carbocycles. The van der Waals surface area contributed by atoms with Gasteiger partial charge in [-0.05, 0) is 18.2 Å². The minimum Gasteiger partial charge on any atom is -0.398 e. The van der Waals surface area contributed by atoms with Gasteiger partial charge in [-0.2, -0.15) is 11.8 Å². The molecule has 94 valence electrons. The second kappa shape index (κ2) is 4.82. The van der Waals surface area contributed by atoms with Crippen molar-refractivity contribution in [1.29, 1.82) is 0 Å². The zero-order valence-electron chi connectivity index (χ0n) is 9.89. The van der Waals surface area contributed by atoms with Gasteiger partial charge in [0.2, 0.25) is 0 Å². The fourth-order valence-corrected chi connectivity index (χ4v) is 4.08. The quantitative estimate of drug-likeness (QED) is 0.816. The Hall–Kier alpha value is -1.20. The number of nitrogen functional groups attached to an aromatic ring is 1. The topological polar surface area (TPSA) is 46.3 Å². The van der Waals surface area contributed by atoms with Gasteiger partial charge in [0.1, 0.15) is 0 Å². The number of nitrogens with zero attached hydrogens (tertiary/aromatic N) is 1. The molecule has 0 aliphatic carbocycles. The molecule has 3 nitrogen and oxygen atoms in total. The lowest BCUT2D eigenvalue weighted by Gasteiger charge is -2.25. The third kappa shape index (κ3) is 2.08. The van der Waals surface area contributed by atoms with Crippen molar-refractivity contribution in [3.8, 4) is 0 Å². The average Bonchev–Trinajstić information content (AvgIpc) is 2.84. The fourth-order valence-electron chi connectivity index (χ4n) is 2.11. The summed E-state index contributed by atoms with van der Waals surface area (Å²) in [6, 6.07) is 7.75. The minimum atomic E-state index is 0.149. The molecule has 0 atom stereocenters.